The van der Waals surface area contributed by atoms with Gasteiger partial charge in [-0.15, -0.1) is 0 Å². The molecule has 1 aromatic carbocycles. The molecular formula is C16H17ClN2O2. The first-order chi connectivity index (χ1) is 10.2. The molecule has 4 nitrogen and oxygen atoms in total. The first kappa shape index (κ1) is 14.2. The lowest BCUT2D eigenvalue weighted by Gasteiger charge is -2.14. The normalized spacial score (nSPS) is 18.2. The molecule has 0 radical (unpaired) electrons. The van der Waals surface area contributed by atoms with Gasteiger partial charge < -0.3 is 15.1 Å². The van der Waals surface area contributed by atoms with Gasteiger partial charge >= 0.3 is 0 Å². The number of carbonyl (C=O) groups excluding carboxylic acids is 1. The topological polar surface area (TPSA) is 59.5 Å². The second-order valence-electron chi connectivity index (χ2n) is 5.29. The Balaban J connectivity index is 1.79. The van der Waals surface area contributed by atoms with Crippen LogP contribution in [0.25, 0.3) is 11.3 Å². The van der Waals surface area contributed by atoms with Crippen LogP contribution in [0.15, 0.2) is 40.8 Å². The lowest BCUT2D eigenvalue weighted by molar-refractivity contribution is 0.0757. The molecule has 0 bridgehead atoms. The fourth-order valence-electron chi connectivity index (χ4n) is 2.62. The van der Waals surface area contributed by atoms with Gasteiger partial charge in [-0.25, -0.2) is 0 Å². The summed E-state index contributed by atoms with van der Waals surface area (Å²) in [5, 5.41) is 0.607. The van der Waals surface area contributed by atoms with Crippen molar-refractivity contribution in [3.63, 3.8) is 0 Å². The lowest BCUT2D eigenvalue weighted by atomic mass is 10.1. The third-order valence-electron chi connectivity index (χ3n) is 3.86. The van der Waals surface area contributed by atoms with Gasteiger partial charge in [-0.1, -0.05) is 23.7 Å². The molecule has 0 aliphatic carbocycles. The summed E-state index contributed by atoms with van der Waals surface area (Å²) in [5.41, 5.74) is 6.45. The van der Waals surface area contributed by atoms with E-state index in [4.69, 9.17) is 21.8 Å². The summed E-state index contributed by atoms with van der Waals surface area (Å²) in [6.07, 6.45) is 0.959. The average Bonchev–Trinajstić information content (AvgIpc) is 3.16. The molecule has 1 fully saturated rings. The maximum atomic E-state index is 12.4. The predicted molar refractivity (Wildman–Crippen MR) is 82.2 cm³/mol. The van der Waals surface area contributed by atoms with Crippen molar-refractivity contribution >= 4 is 17.5 Å². The molecule has 0 spiro atoms. The van der Waals surface area contributed by atoms with E-state index >= 15 is 0 Å². The van der Waals surface area contributed by atoms with Crippen molar-refractivity contribution in [3.05, 3.63) is 47.2 Å². The Bertz CT molecular complexity index is 653. The van der Waals surface area contributed by atoms with Crippen LogP contribution in [0, 0.1) is 5.92 Å². The average molecular weight is 305 g/mol. The number of rotatable bonds is 3. The van der Waals surface area contributed by atoms with Crippen molar-refractivity contribution in [2.24, 2.45) is 11.7 Å². The summed E-state index contributed by atoms with van der Waals surface area (Å²) >= 11 is 6.14. The standard InChI is InChI=1S/C16H17ClN2O2/c17-13-4-2-1-3-12(13)14-5-6-15(21-14)16(20)19-8-7-11(9-18)10-19/h1-6,11H,7-10,18H2. The zero-order valence-corrected chi connectivity index (χ0v) is 12.3. The van der Waals surface area contributed by atoms with E-state index in [0.29, 0.717) is 35.6 Å². The zero-order chi connectivity index (χ0) is 14.8. The highest BCUT2D eigenvalue weighted by Gasteiger charge is 2.27. The summed E-state index contributed by atoms with van der Waals surface area (Å²) in [6, 6.07) is 10.9. The second-order valence-corrected chi connectivity index (χ2v) is 5.69. The minimum atomic E-state index is -0.0794. The molecule has 2 N–H and O–H groups in total. The van der Waals surface area contributed by atoms with Gasteiger partial charge in [0.15, 0.2) is 5.76 Å². The summed E-state index contributed by atoms with van der Waals surface area (Å²) in [4.78, 5) is 14.2. The summed E-state index contributed by atoms with van der Waals surface area (Å²) < 4.78 is 5.69. The first-order valence-corrected chi connectivity index (χ1v) is 7.41. The van der Waals surface area contributed by atoms with Crippen LogP contribution in [0.3, 0.4) is 0 Å². The van der Waals surface area contributed by atoms with Crippen molar-refractivity contribution in [2.75, 3.05) is 19.6 Å². The van der Waals surface area contributed by atoms with Crippen molar-refractivity contribution in [1.29, 1.82) is 0 Å². The molecule has 1 aliphatic heterocycles. The summed E-state index contributed by atoms with van der Waals surface area (Å²) in [6.45, 7) is 2.06. The number of benzene rings is 1. The first-order valence-electron chi connectivity index (χ1n) is 7.03. The van der Waals surface area contributed by atoms with Gasteiger partial charge in [-0.05, 0) is 43.1 Å². The SMILES string of the molecule is NCC1CCN(C(=O)c2ccc(-c3ccccc3Cl)o2)C1. The van der Waals surface area contributed by atoms with E-state index in [2.05, 4.69) is 0 Å². The van der Waals surface area contributed by atoms with E-state index in [1.807, 2.05) is 18.2 Å². The van der Waals surface area contributed by atoms with Gasteiger partial charge in [-0.3, -0.25) is 4.79 Å². The molecule has 1 aliphatic rings. The number of halogens is 1. The highest BCUT2D eigenvalue weighted by Crippen LogP contribution is 2.29. The Morgan fingerprint density at radius 2 is 2.14 bits per heavy atom. The number of nitrogens with two attached hydrogens (primary N) is 1. The Hall–Kier alpha value is -1.78. The van der Waals surface area contributed by atoms with Crippen molar-refractivity contribution < 1.29 is 9.21 Å². The van der Waals surface area contributed by atoms with E-state index in [1.165, 1.54) is 0 Å². The maximum absolute atomic E-state index is 12.4. The largest absolute Gasteiger partial charge is 0.451 e. The van der Waals surface area contributed by atoms with E-state index < -0.39 is 0 Å². The van der Waals surface area contributed by atoms with Crippen LogP contribution in [-0.2, 0) is 0 Å². The van der Waals surface area contributed by atoms with Crippen LogP contribution in [0.4, 0.5) is 0 Å². The van der Waals surface area contributed by atoms with Gasteiger partial charge in [0, 0.05) is 18.7 Å². The van der Waals surface area contributed by atoms with E-state index in [-0.39, 0.29) is 5.91 Å². The molecule has 3 rings (SSSR count). The summed E-state index contributed by atoms with van der Waals surface area (Å²) in [7, 11) is 0. The van der Waals surface area contributed by atoms with Crippen LogP contribution in [-0.4, -0.2) is 30.4 Å². The van der Waals surface area contributed by atoms with E-state index in [0.717, 1.165) is 18.5 Å². The number of furan rings is 1. The van der Waals surface area contributed by atoms with Crippen LogP contribution < -0.4 is 5.73 Å². The molecule has 1 amide bonds. The van der Waals surface area contributed by atoms with Crippen LogP contribution in [0.1, 0.15) is 17.0 Å². The van der Waals surface area contributed by atoms with Gasteiger partial charge in [0.1, 0.15) is 5.76 Å². The number of likely N-dealkylation sites (tertiary alicyclic amines) is 1. The maximum Gasteiger partial charge on any atom is 0.289 e. The third kappa shape index (κ3) is 2.82. The summed E-state index contributed by atoms with van der Waals surface area (Å²) in [5.74, 6) is 1.28. The highest BCUT2D eigenvalue weighted by atomic mass is 35.5. The molecule has 0 saturated carbocycles. The number of nitrogens with zero attached hydrogens (tertiary/aromatic N) is 1. The quantitative estimate of drug-likeness (QED) is 0.948. The Kier molecular flexibility index (Phi) is 3.99. The predicted octanol–water partition coefficient (Wildman–Crippen LogP) is 3.02. The smallest absolute Gasteiger partial charge is 0.289 e. The van der Waals surface area contributed by atoms with Gasteiger partial charge in [0.05, 0.1) is 5.02 Å². The second kappa shape index (κ2) is 5.92. The van der Waals surface area contributed by atoms with E-state index in [1.54, 1.807) is 23.1 Å². The molecular weight excluding hydrogens is 288 g/mol. The highest BCUT2D eigenvalue weighted by molar-refractivity contribution is 6.33. The van der Waals surface area contributed by atoms with Crippen molar-refractivity contribution in [2.45, 2.75) is 6.42 Å². The van der Waals surface area contributed by atoms with Gasteiger partial charge in [0.25, 0.3) is 5.91 Å². The number of hydrogen-bond acceptors (Lipinski definition) is 3. The number of amides is 1. The van der Waals surface area contributed by atoms with Crippen molar-refractivity contribution in [1.82, 2.24) is 4.90 Å². The molecule has 5 heteroatoms. The van der Waals surface area contributed by atoms with Crippen LogP contribution >= 0.6 is 11.6 Å². The van der Waals surface area contributed by atoms with Gasteiger partial charge in [-0.2, -0.15) is 0 Å². The fourth-order valence-corrected chi connectivity index (χ4v) is 2.85. The molecule has 21 heavy (non-hydrogen) atoms. The van der Waals surface area contributed by atoms with Gasteiger partial charge in [0.2, 0.25) is 0 Å². The van der Waals surface area contributed by atoms with Crippen LogP contribution in [0.5, 0.6) is 0 Å². The number of hydrogen-bond donors (Lipinski definition) is 1. The molecule has 2 heterocycles. The van der Waals surface area contributed by atoms with Crippen molar-refractivity contribution in [3.8, 4) is 11.3 Å². The molecule has 1 saturated heterocycles. The molecule has 110 valence electrons. The Morgan fingerprint density at radius 1 is 1.33 bits per heavy atom. The molecule has 2 aromatic rings. The Labute approximate surface area is 128 Å². The Morgan fingerprint density at radius 3 is 2.86 bits per heavy atom. The monoisotopic (exact) mass is 304 g/mol. The zero-order valence-electron chi connectivity index (χ0n) is 11.6. The molecule has 1 unspecified atom stereocenters. The molecule has 1 aromatic heterocycles. The number of carbonyl (C=O) groups is 1. The van der Waals surface area contributed by atoms with E-state index in [9.17, 15) is 4.79 Å². The minimum absolute atomic E-state index is 0.0794. The lowest BCUT2D eigenvalue weighted by Crippen LogP contribution is -2.29. The molecule has 1 atom stereocenters. The van der Waals surface area contributed by atoms with Crippen LogP contribution in [0.2, 0.25) is 5.02 Å². The fraction of sp³-hybridized carbons (Fsp3) is 0.312. The minimum Gasteiger partial charge on any atom is -0.451 e. The third-order valence-corrected chi connectivity index (χ3v) is 4.19.